The molecule has 0 spiro atoms. The zero-order valence-corrected chi connectivity index (χ0v) is 11.4. The van der Waals surface area contributed by atoms with Crippen LogP contribution in [0.25, 0.3) is 0 Å². The largest absolute Gasteiger partial charge is 0.508 e. The van der Waals surface area contributed by atoms with Crippen molar-refractivity contribution in [1.29, 1.82) is 0 Å². The van der Waals surface area contributed by atoms with Crippen LogP contribution in [0.4, 0.5) is 0 Å². The van der Waals surface area contributed by atoms with Crippen molar-refractivity contribution in [2.75, 3.05) is 0 Å². The highest BCUT2D eigenvalue weighted by molar-refractivity contribution is 7.89. The number of aromatic amines is 1. The van der Waals surface area contributed by atoms with E-state index >= 15 is 0 Å². The Morgan fingerprint density at radius 1 is 1.42 bits per heavy atom. The average molecular weight is 281 g/mol. The predicted octanol–water partition coefficient (Wildman–Crippen LogP) is 1.46. The summed E-state index contributed by atoms with van der Waals surface area (Å²) in [6, 6.07) is 6.01. The maximum absolute atomic E-state index is 12.1. The van der Waals surface area contributed by atoms with Gasteiger partial charge in [-0.25, -0.2) is 13.1 Å². The van der Waals surface area contributed by atoms with E-state index in [9.17, 15) is 13.5 Å². The van der Waals surface area contributed by atoms with Crippen LogP contribution in [0.5, 0.6) is 5.75 Å². The third-order valence-electron chi connectivity index (χ3n) is 2.78. The highest BCUT2D eigenvalue weighted by Crippen LogP contribution is 2.20. The van der Waals surface area contributed by atoms with Crippen molar-refractivity contribution in [1.82, 2.24) is 14.9 Å². The van der Waals surface area contributed by atoms with Gasteiger partial charge in [0.05, 0.1) is 11.9 Å². The topological polar surface area (TPSA) is 95.1 Å². The van der Waals surface area contributed by atoms with Gasteiger partial charge in [-0.1, -0.05) is 12.1 Å². The minimum Gasteiger partial charge on any atom is -0.508 e. The van der Waals surface area contributed by atoms with E-state index in [2.05, 4.69) is 14.9 Å². The number of benzene rings is 1. The van der Waals surface area contributed by atoms with Crippen LogP contribution in [0.1, 0.15) is 24.2 Å². The molecule has 0 fully saturated rings. The summed E-state index contributed by atoms with van der Waals surface area (Å²) in [5, 5.41) is 15.7. The van der Waals surface area contributed by atoms with Crippen LogP contribution in [-0.2, 0) is 10.0 Å². The summed E-state index contributed by atoms with van der Waals surface area (Å²) in [7, 11) is -3.63. The molecule has 102 valence electrons. The average Bonchev–Trinajstić information content (AvgIpc) is 2.75. The molecule has 0 saturated heterocycles. The Morgan fingerprint density at radius 2 is 2.16 bits per heavy atom. The lowest BCUT2D eigenvalue weighted by Crippen LogP contribution is -2.27. The zero-order valence-electron chi connectivity index (χ0n) is 10.6. The quantitative estimate of drug-likeness (QED) is 0.790. The van der Waals surface area contributed by atoms with Crippen molar-refractivity contribution in [2.45, 2.75) is 24.8 Å². The molecular weight excluding hydrogens is 266 g/mol. The molecule has 2 aromatic rings. The lowest BCUT2D eigenvalue weighted by atomic mass is 10.1. The molecule has 2 rings (SSSR count). The van der Waals surface area contributed by atoms with Crippen molar-refractivity contribution in [3.05, 3.63) is 41.7 Å². The predicted molar refractivity (Wildman–Crippen MR) is 70.2 cm³/mol. The Hall–Kier alpha value is -1.86. The van der Waals surface area contributed by atoms with Gasteiger partial charge in [0, 0.05) is 6.04 Å². The summed E-state index contributed by atoms with van der Waals surface area (Å²) >= 11 is 0. The van der Waals surface area contributed by atoms with Crippen molar-refractivity contribution in [3.8, 4) is 5.75 Å². The molecule has 7 heteroatoms. The van der Waals surface area contributed by atoms with Gasteiger partial charge in [0.2, 0.25) is 10.0 Å². The lowest BCUT2D eigenvalue weighted by Gasteiger charge is -2.14. The van der Waals surface area contributed by atoms with Crippen molar-refractivity contribution >= 4 is 10.0 Å². The van der Waals surface area contributed by atoms with Crippen LogP contribution in [0.3, 0.4) is 0 Å². The second-order valence-electron chi connectivity index (χ2n) is 4.30. The summed E-state index contributed by atoms with van der Waals surface area (Å²) in [5.74, 6) is 0.100. The number of phenols is 1. The van der Waals surface area contributed by atoms with E-state index in [-0.39, 0.29) is 10.6 Å². The van der Waals surface area contributed by atoms with Crippen molar-refractivity contribution in [3.63, 3.8) is 0 Å². The van der Waals surface area contributed by atoms with E-state index in [0.717, 1.165) is 0 Å². The van der Waals surface area contributed by atoms with E-state index in [1.165, 1.54) is 18.3 Å². The Balaban J connectivity index is 2.24. The summed E-state index contributed by atoms with van der Waals surface area (Å²) in [6.07, 6.45) is 1.27. The first-order valence-electron chi connectivity index (χ1n) is 5.71. The third kappa shape index (κ3) is 2.94. The highest BCUT2D eigenvalue weighted by atomic mass is 32.2. The van der Waals surface area contributed by atoms with Crippen LogP contribution in [-0.4, -0.2) is 23.7 Å². The van der Waals surface area contributed by atoms with Gasteiger partial charge >= 0.3 is 0 Å². The summed E-state index contributed by atoms with van der Waals surface area (Å²) in [6.45, 7) is 3.35. The number of nitrogens with one attached hydrogen (secondary N) is 2. The number of hydrogen-bond donors (Lipinski definition) is 3. The molecule has 0 saturated carbocycles. The molecule has 1 aromatic carbocycles. The van der Waals surface area contributed by atoms with Gasteiger partial charge < -0.3 is 5.11 Å². The van der Waals surface area contributed by atoms with Crippen molar-refractivity contribution < 1.29 is 13.5 Å². The van der Waals surface area contributed by atoms with Gasteiger partial charge in [-0.3, -0.25) is 5.10 Å². The van der Waals surface area contributed by atoms with Gasteiger partial charge in [0.25, 0.3) is 0 Å². The molecule has 0 amide bonds. The number of phenolic OH excluding ortho intramolecular Hbond substituents is 1. The lowest BCUT2D eigenvalue weighted by molar-refractivity contribution is 0.473. The van der Waals surface area contributed by atoms with Crippen LogP contribution in [0.2, 0.25) is 0 Å². The smallest absolute Gasteiger partial charge is 0.244 e. The highest BCUT2D eigenvalue weighted by Gasteiger charge is 2.21. The van der Waals surface area contributed by atoms with E-state index in [0.29, 0.717) is 11.3 Å². The van der Waals surface area contributed by atoms with E-state index in [1.807, 2.05) is 0 Å². The zero-order chi connectivity index (χ0) is 14.0. The molecule has 1 atom stereocenters. The first kappa shape index (κ1) is 13.6. The fourth-order valence-electron chi connectivity index (χ4n) is 1.77. The molecule has 1 unspecified atom stereocenters. The van der Waals surface area contributed by atoms with Crippen LogP contribution < -0.4 is 4.72 Å². The number of hydrogen-bond acceptors (Lipinski definition) is 4. The fourth-order valence-corrected chi connectivity index (χ4v) is 3.14. The summed E-state index contributed by atoms with van der Waals surface area (Å²) < 4.78 is 26.8. The van der Waals surface area contributed by atoms with Crippen molar-refractivity contribution in [2.24, 2.45) is 0 Å². The number of aryl methyl sites for hydroxylation is 1. The van der Waals surface area contributed by atoms with Gasteiger partial charge in [-0.2, -0.15) is 5.10 Å². The van der Waals surface area contributed by atoms with Gasteiger partial charge in [-0.15, -0.1) is 0 Å². The number of H-pyrrole nitrogens is 1. The standard InChI is InChI=1S/C12H15N3O3S/c1-8(10-4-3-5-11(16)6-10)15-19(17,18)12-7-13-14-9(12)2/h3-8,15-16H,1-2H3,(H,13,14). The minimum atomic E-state index is -3.63. The van der Waals surface area contributed by atoms with E-state index in [4.69, 9.17) is 0 Å². The Kier molecular flexibility index (Phi) is 3.59. The molecule has 3 N–H and O–H groups in total. The summed E-state index contributed by atoms with van der Waals surface area (Å²) in [4.78, 5) is 0.125. The first-order valence-corrected chi connectivity index (χ1v) is 7.19. The number of aromatic hydroxyl groups is 1. The molecule has 0 aliphatic rings. The number of sulfonamides is 1. The molecule has 19 heavy (non-hydrogen) atoms. The van der Waals surface area contributed by atoms with Crippen LogP contribution in [0.15, 0.2) is 35.4 Å². The Morgan fingerprint density at radius 3 is 2.74 bits per heavy atom. The summed E-state index contributed by atoms with van der Waals surface area (Å²) in [5.41, 5.74) is 1.17. The normalized spacial score (nSPS) is 13.4. The third-order valence-corrected chi connectivity index (χ3v) is 4.43. The maximum Gasteiger partial charge on any atom is 0.244 e. The Bertz CT molecular complexity index is 679. The fraction of sp³-hybridized carbons (Fsp3) is 0.250. The monoisotopic (exact) mass is 281 g/mol. The molecule has 1 aromatic heterocycles. The Labute approximate surface area is 111 Å². The van der Waals surface area contributed by atoms with E-state index in [1.54, 1.807) is 26.0 Å². The number of rotatable bonds is 4. The number of nitrogens with zero attached hydrogens (tertiary/aromatic N) is 1. The van der Waals surface area contributed by atoms with Crippen LogP contribution >= 0.6 is 0 Å². The second-order valence-corrected chi connectivity index (χ2v) is 5.98. The van der Waals surface area contributed by atoms with E-state index < -0.39 is 16.1 Å². The molecule has 0 bridgehead atoms. The molecule has 0 aliphatic heterocycles. The molecular formula is C12H15N3O3S. The molecule has 0 radical (unpaired) electrons. The minimum absolute atomic E-state index is 0.100. The number of aromatic nitrogens is 2. The molecule has 0 aliphatic carbocycles. The SMILES string of the molecule is Cc1[nH]ncc1S(=O)(=O)NC(C)c1cccc(O)c1. The van der Waals surface area contributed by atoms with Crippen LogP contribution in [0, 0.1) is 6.92 Å². The first-order chi connectivity index (χ1) is 8.90. The molecule has 1 heterocycles. The van der Waals surface area contributed by atoms with Gasteiger partial charge in [0.1, 0.15) is 10.6 Å². The van der Waals surface area contributed by atoms with Gasteiger partial charge in [0.15, 0.2) is 0 Å². The maximum atomic E-state index is 12.1. The second kappa shape index (κ2) is 5.02. The van der Waals surface area contributed by atoms with Gasteiger partial charge in [-0.05, 0) is 31.5 Å². The molecule has 6 nitrogen and oxygen atoms in total.